The molecule has 1 aliphatic rings. The molecule has 7 nitrogen and oxygen atoms in total. The summed E-state index contributed by atoms with van der Waals surface area (Å²) < 4.78 is 22.3. The van der Waals surface area contributed by atoms with Crippen LogP contribution in [0, 0.1) is 0 Å². The maximum atomic E-state index is 5.71. The van der Waals surface area contributed by atoms with Crippen LogP contribution < -0.4 is 15.4 Å². The Kier molecular flexibility index (Phi) is 9.05. The van der Waals surface area contributed by atoms with Crippen LogP contribution in [0.3, 0.4) is 0 Å². The Bertz CT molecular complexity index is 738. The molecule has 1 fully saturated rings. The van der Waals surface area contributed by atoms with E-state index >= 15 is 0 Å². The molecule has 0 radical (unpaired) electrons. The number of guanidine groups is 1. The van der Waals surface area contributed by atoms with Gasteiger partial charge in [0, 0.05) is 25.4 Å². The fourth-order valence-electron chi connectivity index (χ4n) is 3.10. The molecule has 1 aromatic carbocycles. The van der Waals surface area contributed by atoms with Gasteiger partial charge in [-0.1, -0.05) is 0 Å². The van der Waals surface area contributed by atoms with E-state index in [4.69, 9.17) is 23.6 Å². The zero-order valence-corrected chi connectivity index (χ0v) is 17.9. The van der Waals surface area contributed by atoms with Crippen molar-refractivity contribution < 1.29 is 18.6 Å². The van der Waals surface area contributed by atoms with E-state index in [2.05, 4.69) is 10.6 Å². The Morgan fingerprint density at radius 2 is 2.10 bits per heavy atom. The first-order valence-corrected chi connectivity index (χ1v) is 10.7. The van der Waals surface area contributed by atoms with Gasteiger partial charge in [0.05, 0.1) is 25.0 Å². The largest absolute Gasteiger partial charge is 0.491 e. The van der Waals surface area contributed by atoms with Crippen LogP contribution in [0.4, 0.5) is 5.69 Å². The van der Waals surface area contributed by atoms with Crippen LogP contribution in [0.15, 0.2) is 52.1 Å². The number of furan rings is 1. The summed E-state index contributed by atoms with van der Waals surface area (Å²) in [6.07, 6.45) is 5.07. The van der Waals surface area contributed by atoms with Crippen molar-refractivity contribution in [2.75, 3.05) is 31.6 Å². The highest BCUT2D eigenvalue weighted by atomic mass is 16.5. The summed E-state index contributed by atoms with van der Waals surface area (Å²) >= 11 is 0. The van der Waals surface area contributed by atoms with Crippen LogP contribution in [0.1, 0.15) is 38.9 Å². The van der Waals surface area contributed by atoms with Crippen LogP contribution >= 0.6 is 0 Å². The lowest BCUT2D eigenvalue weighted by Crippen LogP contribution is -2.33. The predicted octanol–water partition coefficient (Wildman–Crippen LogP) is 4.21. The van der Waals surface area contributed by atoms with Crippen molar-refractivity contribution >= 4 is 11.6 Å². The summed E-state index contributed by atoms with van der Waals surface area (Å²) in [5.74, 6) is 2.44. The maximum Gasteiger partial charge on any atom is 0.195 e. The molecule has 0 saturated carbocycles. The van der Waals surface area contributed by atoms with Gasteiger partial charge in [0.2, 0.25) is 0 Å². The second-order valence-electron chi connectivity index (χ2n) is 7.55. The monoisotopic (exact) mass is 415 g/mol. The van der Waals surface area contributed by atoms with Gasteiger partial charge in [-0.15, -0.1) is 0 Å². The number of anilines is 1. The van der Waals surface area contributed by atoms with E-state index in [0.717, 1.165) is 55.6 Å². The molecule has 0 aliphatic carbocycles. The Morgan fingerprint density at radius 1 is 1.23 bits per heavy atom. The van der Waals surface area contributed by atoms with Gasteiger partial charge >= 0.3 is 0 Å². The molecule has 7 heteroatoms. The van der Waals surface area contributed by atoms with Gasteiger partial charge in [-0.2, -0.15) is 0 Å². The number of aliphatic imine (C=N–C) groups is 1. The van der Waals surface area contributed by atoms with Gasteiger partial charge in [-0.3, -0.25) is 4.99 Å². The normalized spacial score (nSPS) is 16.8. The van der Waals surface area contributed by atoms with Crippen molar-refractivity contribution in [2.24, 2.45) is 4.99 Å². The fourth-order valence-corrected chi connectivity index (χ4v) is 3.10. The Morgan fingerprint density at radius 3 is 2.80 bits per heavy atom. The smallest absolute Gasteiger partial charge is 0.195 e. The average molecular weight is 416 g/mol. The van der Waals surface area contributed by atoms with E-state index in [1.54, 1.807) is 6.26 Å². The lowest BCUT2D eigenvalue weighted by atomic mass is 10.2. The molecule has 0 amide bonds. The minimum absolute atomic E-state index is 0.156. The third-order valence-electron chi connectivity index (χ3n) is 4.55. The van der Waals surface area contributed by atoms with Crippen LogP contribution in [0.25, 0.3) is 0 Å². The molecule has 1 saturated heterocycles. The first-order chi connectivity index (χ1) is 14.7. The summed E-state index contributed by atoms with van der Waals surface area (Å²) in [6, 6.07) is 11.7. The molecule has 0 bridgehead atoms. The van der Waals surface area contributed by atoms with E-state index in [1.807, 2.05) is 50.2 Å². The predicted molar refractivity (Wildman–Crippen MR) is 118 cm³/mol. The number of nitrogens with one attached hydrogen (secondary N) is 2. The van der Waals surface area contributed by atoms with Crippen molar-refractivity contribution in [3.63, 3.8) is 0 Å². The van der Waals surface area contributed by atoms with Crippen molar-refractivity contribution in [3.8, 4) is 5.75 Å². The highest BCUT2D eigenvalue weighted by Gasteiger charge is 2.15. The zero-order chi connectivity index (χ0) is 21.0. The molecule has 3 rings (SSSR count). The highest BCUT2D eigenvalue weighted by molar-refractivity contribution is 5.93. The number of hydrogen-bond donors (Lipinski definition) is 2. The lowest BCUT2D eigenvalue weighted by molar-refractivity contribution is 0.105. The number of hydrogen-bond acceptors (Lipinski definition) is 5. The molecule has 30 heavy (non-hydrogen) atoms. The lowest BCUT2D eigenvalue weighted by Gasteiger charge is -2.15. The molecule has 1 atom stereocenters. The molecular weight excluding hydrogens is 382 g/mol. The van der Waals surface area contributed by atoms with Crippen LogP contribution in [0.5, 0.6) is 5.75 Å². The highest BCUT2D eigenvalue weighted by Crippen LogP contribution is 2.17. The van der Waals surface area contributed by atoms with Gasteiger partial charge in [0.25, 0.3) is 0 Å². The number of rotatable bonds is 11. The Hall–Kier alpha value is -2.51. The number of nitrogens with zero attached hydrogens (tertiary/aromatic N) is 1. The zero-order valence-electron chi connectivity index (χ0n) is 17.9. The Balaban J connectivity index is 1.46. The summed E-state index contributed by atoms with van der Waals surface area (Å²) in [6.45, 7) is 7.42. The topological polar surface area (TPSA) is 77.2 Å². The molecule has 2 heterocycles. The molecule has 1 aliphatic heterocycles. The van der Waals surface area contributed by atoms with E-state index in [1.165, 1.54) is 0 Å². The van der Waals surface area contributed by atoms with Crippen LogP contribution in [-0.4, -0.2) is 44.5 Å². The average Bonchev–Trinajstić information content (AvgIpc) is 3.43. The molecule has 164 valence electrons. The number of ether oxygens (including phenoxy) is 3. The van der Waals surface area contributed by atoms with Crippen molar-refractivity contribution in [3.05, 3.63) is 48.4 Å². The van der Waals surface area contributed by atoms with Crippen molar-refractivity contribution in [2.45, 2.75) is 51.9 Å². The third kappa shape index (κ3) is 8.08. The standard InChI is InChI=1S/C23H33N3O4/c1-18(2)30-20-10-8-19(9-11-20)26-23(25-16-21-6-3-14-28-21)24-12-5-13-27-17-22-7-4-15-29-22/h4,7-11,15,18,21H,3,5-6,12-14,16-17H2,1-2H3,(H2,24,25,26). The van der Waals surface area contributed by atoms with E-state index in [-0.39, 0.29) is 12.2 Å². The SMILES string of the molecule is CC(C)Oc1ccc(NC(=NCC2CCCO2)NCCCOCc2ccco2)cc1. The summed E-state index contributed by atoms with van der Waals surface area (Å²) in [5, 5.41) is 6.75. The Labute approximate surface area is 178 Å². The number of benzene rings is 1. The van der Waals surface area contributed by atoms with E-state index in [9.17, 15) is 0 Å². The first kappa shape index (κ1) is 22.2. The molecule has 1 aromatic heterocycles. The van der Waals surface area contributed by atoms with Crippen LogP contribution in [-0.2, 0) is 16.1 Å². The minimum Gasteiger partial charge on any atom is -0.491 e. The molecule has 1 unspecified atom stereocenters. The summed E-state index contributed by atoms with van der Waals surface area (Å²) in [5.41, 5.74) is 0.957. The van der Waals surface area contributed by atoms with Gasteiger partial charge in [0.15, 0.2) is 5.96 Å². The molecule has 2 aromatic rings. The molecule has 2 N–H and O–H groups in total. The van der Waals surface area contributed by atoms with Gasteiger partial charge in [-0.05, 0) is 69.5 Å². The minimum atomic E-state index is 0.156. The van der Waals surface area contributed by atoms with E-state index in [0.29, 0.717) is 19.8 Å². The van der Waals surface area contributed by atoms with Crippen molar-refractivity contribution in [1.82, 2.24) is 5.32 Å². The van der Waals surface area contributed by atoms with E-state index < -0.39 is 0 Å². The second kappa shape index (κ2) is 12.2. The van der Waals surface area contributed by atoms with Crippen molar-refractivity contribution in [1.29, 1.82) is 0 Å². The summed E-state index contributed by atoms with van der Waals surface area (Å²) in [4.78, 5) is 4.71. The molecule has 0 spiro atoms. The second-order valence-corrected chi connectivity index (χ2v) is 7.55. The summed E-state index contributed by atoms with van der Waals surface area (Å²) in [7, 11) is 0. The van der Waals surface area contributed by atoms with Gasteiger partial charge in [0.1, 0.15) is 18.1 Å². The first-order valence-electron chi connectivity index (χ1n) is 10.7. The molecular formula is C23H33N3O4. The third-order valence-corrected chi connectivity index (χ3v) is 4.55. The van der Waals surface area contributed by atoms with Gasteiger partial charge < -0.3 is 29.3 Å². The van der Waals surface area contributed by atoms with Gasteiger partial charge in [-0.25, -0.2) is 0 Å². The van der Waals surface area contributed by atoms with Crippen LogP contribution in [0.2, 0.25) is 0 Å². The fraction of sp³-hybridized carbons (Fsp3) is 0.522. The quantitative estimate of drug-likeness (QED) is 0.325. The maximum absolute atomic E-state index is 5.71.